The van der Waals surface area contributed by atoms with E-state index in [0.717, 1.165) is 16.7 Å². The summed E-state index contributed by atoms with van der Waals surface area (Å²) in [7, 11) is 0. The predicted molar refractivity (Wildman–Crippen MR) is 77.9 cm³/mol. The van der Waals surface area contributed by atoms with Gasteiger partial charge in [0, 0.05) is 5.69 Å². The summed E-state index contributed by atoms with van der Waals surface area (Å²) in [4.78, 5) is 19.5. The van der Waals surface area contributed by atoms with Crippen molar-refractivity contribution in [1.29, 1.82) is 0 Å². The fraction of sp³-hybridized carbons (Fsp3) is 0.267. The van der Waals surface area contributed by atoms with Crippen LogP contribution in [0.3, 0.4) is 0 Å². The van der Waals surface area contributed by atoms with Gasteiger partial charge in [-0.2, -0.15) is 5.10 Å². The number of carbonyl (C=O) groups is 1. The van der Waals surface area contributed by atoms with Crippen LogP contribution >= 0.6 is 0 Å². The number of ketones is 1. The molecule has 0 radical (unpaired) electrons. The lowest BCUT2D eigenvalue weighted by Crippen LogP contribution is -1.96. The van der Waals surface area contributed by atoms with Crippen molar-refractivity contribution in [3.05, 3.63) is 34.5 Å². The molecule has 2 N–H and O–H groups in total. The summed E-state index contributed by atoms with van der Waals surface area (Å²) in [6.45, 7) is 7.50. The van der Waals surface area contributed by atoms with E-state index in [2.05, 4.69) is 40.1 Å². The van der Waals surface area contributed by atoms with Crippen LogP contribution in [0.15, 0.2) is 12.1 Å². The number of Topliss-reactive ketones (excluding diaryl/α,β-unsaturated/α-hetero) is 1. The molecule has 5 heteroatoms. The number of imidazole rings is 1. The van der Waals surface area contributed by atoms with Gasteiger partial charge in [-0.3, -0.25) is 9.89 Å². The van der Waals surface area contributed by atoms with Crippen molar-refractivity contribution in [2.75, 3.05) is 0 Å². The lowest BCUT2D eigenvalue weighted by atomic mass is 10.1. The smallest absolute Gasteiger partial charge is 0.163 e. The maximum atomic E-state index is 11.7. The summed E-state index contributed by atoms with van der Waals surface area (Å²) in [6, 6.07) is 4.10. The number of H-pyrrole nitrogens is 2. The van der Waals surface area contributed by atoms with Gasteiger partial charge in [0.05, 0.1) is 16.6 Å². The van der Waals surface area contributed by atoms with Gasteiger partial charge in [0.25, 0.3) is 0 Å². The monoisotopic (exact) mass is 268 g/mol. The van der Waals surface area contributed by atoms with Gasteiger partial charge in [0.1, 0.15) is 5.69 Å². The van der Waals surface area contributed by atoms with Crippen molar-refractivity contribution in [2.24, 2.45) is 0 Å². The second-order valence-electron chi connectivity index (χ2n) is 5.17. The summed E-state index contributed by atoms with van der Waals surface area (Å²) in [5.41, 5.74) is 6.19. The average Bonchev–Trinajstić information content (AvgIpc) is 2.93. The topological polar surface area (TPSA) is 74.4 Å². The van der Waals surface area contributed by atoms with Gasteiger partial charge in [0.15, 0.2) is 11.6 Å². The van der Waals surface area contributed by atoms with E-state index in [9.17, 15) is 4.79 Å². The number of aromatic nitrogens is 4. The van der Waals surface area contributed by atoms with Crippen molar-refractivity contribution < 1.29 is 4.79 Å². The highest BCUT2D eigenvalue weighted by molar-refractivity contribution is 6.00. The molecule has 0 aliphatic rings. The standard InChI is InChI=1S/C15H16N4O/c1-7-5-11-12(6-8(7)2)17-15(16-11)14-13(10(4)20)9(3)18-19-14/h5-6H,1-4H3,(H,16,17)(H,18,19). The molecule has 3 aromatic rings. The minimum absolute atomic E-state index is 0.0148. The van der Waals surface area contributed by atoms with Gasteiger partial charge in [-0.1, -0.05) is 0 Å². The first-order chi connectivity index (χ1) is 9.47. The number of nitrogens with one attached hydrogen (secondary N) is 2. The number of aryl methyl sites for hydroxylation is 3. The summed E-state index contributed by atoms with van der Waals surface area (Å²) >= 11 is 0. The van der Waals surface area contributed by atoms with Crippen molar-refractivity contribution in [1.82, 2.24) is 20.2 Å². The Morgan fingerprint density at radius 1 is 1.15 bits per heavy atom. The van der Waals surface area contributed by atoms with Crippen molar-refractivity contribution in [3.8, 4) is 11.5 Å². The Morgan fingerprint density at radius 2 is 1.85 bits per heavy atom. The molecule has 2 aromatic heterocycles. The predicted octanol–water partition coefficient (Wildman–Crippen LogP) is 3.08. The van der Waals surface area contributed by atoms with Gasteiger partial charge in [-0.25, -0.2) is 4.98 Å². The van der Waals surface area contributed by atoms with Crippen LogP contribution in [-0.4, -0.2) is 25.9 Å². The van der Waals surface area contributed by atoms with Gasteiger partial charge < -0.3 is 4.98 Å². The van der Waals surface area contributed by atoms with Crippen LogP contribution < -0.4 is 0 Å². The van der Waals surface area contributed by atoms with Gasteiger partial charge >= 0.3 is 0 Å². The Labute approximate surface area is 116 Å². The number of fused-ring (bicyclic) bond motifs is 1. The van der Waals surface area contributed by atoms with Crippen molar-refractivity contribution >= 4 is 16.8 Å². The molecule has 3 rings (SSSR count). The molecule has 102 valence electrons. The molecule has 0 aliphatic heterocycles. The minimum Gasteiger partial charge on any atom is -0.337 e. The van der Waals surface area contributed by atoms with E-state index in [0.29, 0.717) is 17.1 Å². The maximum absolute atomic E-state index is 11.7. The SMILES string of the molecule is CC(=O)c1c(-c2nc3cc(C)c(C)cc3[nH]2)n[nH]c1C. The molecule has 20 heavy (non-hydrogen) atoms. The molecule has 0 bridgehead atoms. The Morgan fingerprint density at radius 3 is 2.55 bits per heavy atom. The van der Waals surface area contributed by atoms with E-state index < -0.39 is 0 Å². The molecule has 0 unspecified atom stereocenters. The van der Waals surface area contributed by atoms with E-state index in [1.807, 2.05) is 13.0 Å². The molecule has 2 heterocycles. The summed E-state index contributed by atoms with van der Waals surface area (Å²) in [5, 5.41) is 7.06. The van der Waals surface area contributed by atoms with E-state index in [1.165, 1.54) is 18.1 Å². The van der Waals surface area contributed by atoms with Crippen LogP contribution in [0.5, 0.6) is 0 Å². The Hall–Kier alpha value is -2.43. The lowest BCUT2D eigenvalue weighted by molar-refractivity contribution is 0.101. The van der Waals surface area contributed by atoms with Crippen LogP contribution in [-0.2, 0) is 0 Å². The number of nitrogens with zero attached hydrogens (tertiary/aromatic N) is 2. The molecule has 0 amide bonds. The molecule has 1 aromatic carbocycles. The van der Waals surface area contributed by atoms with E-state index >= 15 is 0 Å². The highest BCUT2D eigenvalue weighted by Crippen LogP contribution is 2.25. The first kappa shape index (κ1) is 12.6. The van der Waals surface area contributed by atoms with Gasteiger partial charge in [0.2, 0.25) is 0 Å². The van der Waals surface area contributed by atoms with Gasteiger partial charge in [-0.05, 0) is 51.0 Å². The molecular formula is C15H16N4O. The summed E-state index contributed by atoms with van der Waals surface area (Å²) in [6.07, 6.45) is 0. The zero-order valence-electron chi connectivity index (χ0n) is 12.0. The third-order valence-electron chi connectivity index (χ3n) is 3.62. The molecule has 0 saturated heterocycles. The van der Waals surface area contributed by atoms with Crippen LogP contribution in [0.1, 0.15) is 34.1 Å². The Bertz CT molecular complexity index is 787. The van der Waals surface area contributed by atoms with E-state index in [-0.39, 0.29) is 5.78 Å². The molecule has 0 saturated carbocycles. The fourth-order valence-electron chi connectivity index (χ4n) is 2.41. The normalized spacial score (nSPS) is 11.2. The molecule has 0 atom stereocenters. The second-order valence-corrected chi connectivity index (χ2v) is 5.17. The third-order valence-corrected chi connectivity index (χ3v) is 3.62. The second kappa shape index (κ2) is 4.30. The van der Waals surface area contributed by atoms with Crippen LogP contribution in [0.2, 0.25) is 0 Å². The summed E-state index contributed by atoms with van der Waals surface area (Å²) < 4.78 is 0. The van der Waals surface area contributed by atoms with Crippen molar-refractivity contribution in [2.45, 2.75) is 27.7 Å². The zero-order valence-corrected chi connectivity index (χ0v) is 12.0. The van der Waals surface area contributed by atoms with E-state index in [1.54, 1.807) is 0 Å². The molecule has 0 spiro atoms. The largest absolute Gasteiger partial charge is 0.337 e. The number of carbonyl (C=O) groups excluding carboxylic acids is 1. The van der Waals surface area contributed by atoms with E-state index in [4.69, 9.17) is 0 Å². The number of rotatable bonds is 2. The minimum atomic E-state index is -0.0148. The Kier molecular flexibility index (Phi) is 2.71. The summed E-state index contributed by atoms with van der Waals surface area (Å²) in [5.74, 6) is 0.610. The molecular weight excluding hydrogens is 252 g/mol. The molecule has 5 nitrogen and oxygen atoms in total. The first-order valence-electron chi connectivity index (χ1n) is 6.50. The highest BCUT2D eigenvalue weighted by Gasteiger charge is 2.19. The third kappa shape index (κ3) is 1.82. The van der Waals surface area contributed by atoms with Gasteiger partial charge in [-0.15, -0.1) is 0 Å². The van der Waals surface area contributed by atoms with Crippen LogP contribution in [0.25, 0.3) is 22.6 Å². The number of hydrogen-bond acceptors (Lipinski definition) is 3. The molecule has 0 fully saturated rings. The number of benzene rings is 1. The molecule has 0 aliphatic carbocycles. The maximum Gasteiger partial charge on any atom is 0.163 e. The van der Waals surface area contributed by atoms with Crippen molar-refractivity contribution in [3.63, 3.8) is 0 Å². The zero-order chi connectivity index (χ0) is 14.4. The highest BCUT2D eigenvalue weighted by atomic mass is 16.1. The quantitative estimate of drug-likeness (QED) is 0.701. The fourth-order valence-corrected chi connectivity index (χ4v) is 2.41. The average molecular weight is 268 g/mol. The van der Waals surface area contributed by atoms with Crippen LogP contribution in [0, 0.1) is 20.8 Å². The Balaban J connectivity index is 2.23. The number of aromatic amines is 2. The van der Waals surface area contributed by atoms with Crippen LogP contribution in [0.4, 0.5) is 0 Å². The number of hydrogen-bond donors (Lipinski definition) is 2. The lowest BCUT2D eigenvalue weighted by Gasteiger charge is -1.97. The first-order valence-corrected chi connectivity index (χ1v) is 6.50.